The van der Waals surface area contributed by atoms with Crippen molar-refractivity contribution in [1.29, 1.82) is 5.26 Å². The number of hydrogen-bond donors (Lipinski definition) is 3. The van der Waals surface area contributed by atoms with Gasteiger partial charge in [-0.2, -0.15) is 5.26 Å². The first-order chi connectivity index (χ1) is 10.3. The second-order valence-electron chi connectivity index (χ2n) is 4.49. The fraction of sp³-hybridized carbons (Fsp3) is 0.133. The van der Waals surface area contributed by atoms with E-state index in [4.69, 9.17) is 10.4 Å². The van der Waals surface area contributed by atoms with Gasteiger partial charge in [0, 0.05) is 29.9 Å². The third kappa shape index (κ3) is 2.55. The van der Waals surface area contributed by atoms with Crippen LogP contribution in [0.2, 0.25) is 0 Å². The van der Waals surface area contributed by atoms with E-state index in [1.807, 2.05) is 30.5 Å². The number of aliphatic hydroxyl groups is 1. The second-order valence-corrected chi connectivity index (χ2v) is 4.49. The van der Waals surface area contributed by atoms with Crippen LogP contribution in [0.1, 0.15) is 5.69 Å². The van der Waals surface area contributed by atoms with Crippen LogP contribution < -0.4 is 5.32 Å². The van der Waals surface area contributed by atoms with Gasteiger partial charge in [-0.05, 0) is 29.8 Å². The van der Waals surface area contributed by atoms with Gasteiger partial charge in [-0.15, -0.1) is 0 Å². The van der Waals surface area contributed by atoms with Crippen LogP contribution in [0, 0.1) is 11.3 Å². The van der Waals surface area contributed by atoms with Crippen molar-refractivity contribution in [3.05, 3.63) is 42.4 Å². The number of nitrogens with one attached hydrogen (secondary N) is 2. The van der Waals surface area contributed by atoms with Gasteiger partial charge in [-0.3, -0.25) is 0 Å². The molecule has 3 aromatic rings. The molecule has 0 aliphatic heterocycles. The SMILES string of the molecule is N#Cc1ccc(-c2cc(NCCO)nc3[nH]ccc23)cn1. The molecule has 6 nitrogen and oxygen atoms in total. The van der Waals surface area contributed by atoms with Gasteiger partial charge < -0.3 is 15.4 Å². The minimum absolute atomic E-state index is 0.0399. The number of aromatic amines is 1. The van der Waals surface area contributed by atoms with Crippen LogP contribution in [-0.4, -0.2) is 33.2 Å². The Hall–Kier alpha value is -2.91. The molecule has 104 valence electrons. The molecule has 0 bridgehead atoms. The van der Waals surface area contributed by atoms with E-state index in [1.54, 1.807) is 12.3 Å². The number of pyridine rings is 2. The van der Waals surface area contributed by atoms with E-state index in [2.05, 4.69) is 20.3 Å². The second kappa shape index (κ2) is 5.61. The molecular weight excluding hydrogens is 266 g/mol. The van der Waals surface area contributed by atoms with Crippen molar-refractivity contribution in [1.82, 2.24) is 15.0 Å². The van der Waals surface area contributed by atoms with Crippen molar-refractivity contribution in [2.45, 2.75) is 0 Å². The summed E-state index contributed by atoms with van der Waals surface area (Å²) in [5, 5.41) is 21.8. The Labute approximate surface area is 121 Å². The molecule has 3 aromatic heterocycles. The summed E-state index contributed by atoms with van der Waals surface area (Å²) in [4.78, 5) is 11.6. The van der Waals surface area contributed by atoms with Crippen molar-refractivity contribution in [3.8, 4) is 17.2 Å². The summed E-state index contributed by atoms with van der Waals surface area (Å²) in [6.45, 7) is 0.475. The lowest BCUT2D eigenvalue weighted by molar-refractivity contribution is 0.311. The molecule has 0 unspecified atom stereocenters. The van der Waals surface area contributed by atoms with Crippen LogP contribution in [0.3, 0.4) is 0 Å². The van der Waals surface area contributed by atoms with Crippen LogP contribution in [0.5, 0.6) is 0 Å². The summed E-state index contributed by atoms with van der Waals surface area (Å²) in [6, 6.07) is 9.42. The molecule has 3 N–H and O–H groups in total. The lowest BCUT2D eigenvalue weighted by atomic mass is 10.1. The van der Waals surface area contributed by atoms with Crippen molar-refractivity contribution in [2.75, 3.05) is 18.5 Å². The van der Waals surface area contributed by atoms with E-state index < -0.39 is 0 Å². The monoisotopic (exact) mass is 279 g/mol. The smallest absolute Gasteiger partial charge is 0.140 e. The minimum Gasteiger partial charge on any atom is -0.395 e. The molecular formula is C15H13N5O. The molecule has 0 fully saturated rings. The van der Waals surface area contributed by atoms with Crippen LogP contribution in [0.25, 0.3) is 22.2 Å². The minimum atomic E-state index is 0.0399. The Morgan fingerprint density at radius 2 is 2.24 bits per heavy atom. The first-order valence-corrected chi connectivity index (χ1v) is 6.51. The maximum atomic E-state index is 8.91. The third-order valence-corrected chi connectivity index (χ3v) is 3.14. The van der Waals surface area contributed by atoms with Gasteiger partial charge in [0.1, 0.15) is 23.2 Å². The molecule has 0 radical (unpaired) electrons. The molecule has 0 aromatic carbocycles. The Morgan fingerprint density at radius 1 is 1.33 bits per heavy atom. The maximum Gasteiger partial charge on any atom is 0.140 e. The van der Waals surface area contributed by atoms with Gasteiger partial charge in [0.05, 0.1) is 6.61 Å². The lowest BCUT2D eigenvalue weighted by Gasteiger charge is -2.08. The zero-order valence-corrected chi connectivity index (χ0v) is 11.2. The molecule has 3 rings (SSSR count). The summed E-state index contributed by atoms with van der Waals surface area (Å²) in [7, 11) is 0. The standard InChI is InChI=1S/C15H13N5O/c16-8-11-2-1-10(9-19-11)13-7-14(17-5-6-21)20-15-12(13)3-4-18-15/h1-4,7,9,21H,5-6H2,(H2,17,18,20). The maximum absolute atomic E-state index is 8.91. The fourth-order valence-electron chi connectivity index (χ4n) is 2.17. The highest BCUT2D eigenvalue weighted by molar-refractivity contribution is 5.94. The Morgan fingerprint density at radius 3 is 2.95 bits per heavy atom. The lowest BCUT2D eigenvalue weighted by Crippen LogP contribution is -2.07. The average Bonchev–Trinajstić information content (AvgIpc) is 3.00. The number of fused-ring (bicyclic) bond motifs is 1. The number of anilines is 1. The van der Waals surface area contributed by atoms with E-state index in [0.717, 1.165) is 22.2 Å². The van der Waals surface area contributed by atoms with Gasteiger partial charge in [-0.1, -0.05) is 0 Å². The molecule has 21 heavy (non-hydrogen) atoms. The summed E-state index contributed by atoms with van der Waals surface area (Å²) in [5.41, 5.74) is 3.03. The van der Waals surface area contributed by atoms with Crippen LogP contribution >= 0.6 is 0 Å². The third-order valence-electron chi connectivity index (χ3n) is 3.14. The largest absolute Gasteiger partial charge is 0.395 e. The van der Waals surface area contributed by atoms with Gasteiger partial charge in [0.15, 0.2) is 0 Å². The predicted octanol–water partition coefficient (Wildman–Crippen LogP) is 1.90. The normalized spacial score (nSPS) is 10.5. The van der Waals surface area contributed by atoms with E-state index in [1.165, 1.54) is 0 Å². The Bertz CT molecular complexity index is 801. The summed E-state index contributed by atoms with van der Waals surface area (Å²) >= 11 is 0. The van der Waals surface area contributed by atoms with E-state index in [9.17, 15) is 0 Å². The number of nitriles is 1. The molecule has 0 amide bonds. The number of rotatable bonds is 4. The van der Waals surface area contributed by atoms with Crippen molar-refractivity contribution in [2.24, 2.45) is 0 Å². The summed E-state index contributed by atoms with van der Waals surface area (Å²) in [6.07, 6.45) is 3.50. The van der Waals surface area contributed by atoms with Crippen molar-refractivity contribution < 1.29 is 5.11 Å². The highest BCUT2D eigenvalue weighted by Crippen LogP contribution is 2.29. The number of aromatic nitrogens is 3. The zero-order chi connectivity index (χ0) is 14.7. The number of hydrogen-bond acceptors (Lipinski definition) is 5. The number of nitrogens with zero attached hydrogens (tertiary/aromatic N) is 3. The molecule has 6 heteroatoms. The first-order valence-electron chi connectivity index (χ1n) is 6.51. The quantitative estimate of drug-likeness (QED) is 0.677. The fourth-order valence-corrected chi connectivity index (χ4v) is 2.17. The van der Waals surface area contributed by atoms with E-state index >= 15 is 0 Å². The summed E-state index contributed by atoms with van der Waals surface area (Å²) < 4.78 is 0. The highest BCUT2D eigenvalue weighted by atomic mass is 16.3. The molecule has 0 saturated carbocycles. The van der Waals surface area contributed by atoms with E-state index in [0.29, 0.717) is 18.1 Å². The van der Waals surface area contributed by atoms with Crippen LogP contribution in [0.4, 0.5) is 5.82 Å². The first kappa shape index (κ1) is 13.1. The Balaban J connectivity index is 2.10. The van der Waals surface area contributed by atoms with Crippen LogP contribution in [0.15, 0.2) is 36.7 Å². The molecule has 3 heterocycles. The van der Waals surface area contributed by atoms with Gasteiger partial charge in [0.2, 0.25) is 0 Å². The molecule has 0 saturated heterocycles. The van der Waals surface area contributed by atoms with Gasteiger partial charge in [-0.25, -0.2) is 9.97 Å². The zero-order valence-electron chi connectivity index (χ0n) is 11.2. The highest BCUT2D eigenvalue weighted by Gasteiger charge is 2.09. The average molecular weight is 279 g/mol. The van der Waals surface area contributed by atoms with Gasteiger partial charge in [0.25, 0.3) is 0 Å². The number of aliphatic hydroxyl groups excluding tert-OH is 1. The van der Waals surface area contributed by atoms with Crippen molar-refractivity contribution >= 4 is 16.9 Å². The van der Waals surface area contributed by atoms with Crippen LogP contribution in [-0.2, 0) is 0 Å². The molecule has 0 atom stereocenters. The predicted molar refractivity (Wildman–Crippen MR) is 79.6 cm³/mol. The number of H-pyrrole nitrogens is 1. The Kier molecular flexibility index (Phi) is 3.50. The van der Waals surface area contributed by atoms with E-state index in [-0.39, 0.29) is 6.61 Å². The molecule has 0 aliphatic carbocycles. The molecule has 0 spiro atoms. The summed E-state index contributed by atoms with van der Waals surface area (Å²) in [5.74, 6) is 0.679. The molecule has 0 aliphatic rings. The topological polar surface area (TPSA) is 97.6 Å². The van der Waals surface area contributed by atoms with Gasteiger partial charge >= 0.3 is 0 Å². The van der Waals surface area contributed by atoms with Crippen molar-refractivity contribution in [3.63, 3.8) is 0 Å².